The SMILES string of the molecule is CCNC(=O)COc1ccc(NC(=O)C(CCSC)NC(=O)c2cccc(C)c2)cc1. The van der Waals surface area contributed by atoms with Crippen molar-refractivity contribution in [3.63, 3.8) is 0 Å². The van der Waals surface area contributed by atoms with E-state index in [1.54, 1.807) is 48.2 Å². The lowest BCUT2D eigenvalue weighted by Crippen LogP contribution is -2.44. The van der Waals surface area contributed by atoms with Gasteiger partial charge in [-0.3, -0.25) is 14.4 Å². The summed E-state index contributed by atoms with van der Waals surface area (Å²) in [5.74, 6) is 0.501. The van der Waals surface area contributed by atoms with E-state index in [1.165, 1.54) is 0 Å². The van der Waals surface area contributed by atoms with E-state index in [0.717, 1.165) is 11.3 Å². The molecule has 0 fully saturated rings. The number of aryl methyl sites for hydroxylation is 1. The minimum atomic E-state index is -0.658. The number of amides is 3. The number of anilines is 1. The van der Waals surface area contributed by atoms with Gasteiger partial charge in [0, 0.05) is 17.8 Å². The maximum absolute atomic E-state index is 12.8. The van der Waals surface area contributed by atoms with Crippen LogP contribution in [0.15, 0.2) is 48.5 Å². The molecule has 3 amide bonds. The fraction of sp³-hybridized carbons (Fsp3) is 0.348. The molecule has 0 bridgehead atoms. The van der Waals surface area contributed by atoms with Gasteiger partial charge in [0.15, 0.2) is 6.61 Å². The maximum Gasteiger partial charge on any atom is 0.257 e. The Bertz CT molecular complexity index is 887. The molecule has 0 aliphatic carbocycles. The van der Waals surface area contributed by atoms with Gasteiger partial charge in [-0.1, -0.05) is 17.7 Å². The van der Waals surface area contributed by atoms with Crippen LogP contribution in [-0.2, 0) is 9.59 Å². The average molecular weight is 444 g/mol. The zero-order chi connectivity index (χ0) is 22.6. The van der Waals surface area contributed by atoms with Crippen molar-refractivity contribution in [2.24, 2.45) is 0 Å². The van der Waals surface area contributed by atoms with Crippen LogP contribution in [0.4, 0.5) is 5.69 Å². The van der Waals surface area contributed by atoms with E-state index in [-0.39, 0.29) is 24.3 Å². The Morgan fingerprint density at radius 1 is 1.10 bits per heavy atom. The predicted molar refractivity (Wildman–Crippen MR) is 125 cm³/mol. The molecular weight excluding hydrogens is 414 g/mol. The Labute approximate surface area is 187 Å². The maximum atomic E-state index is 12.8. The second-order valence-electron chi connectivity index (χ2n) is 6.93. The van der Waals surface area contributed by atoms with E-state index < -0.39 is 6.04 Å². The van der Waals surface area contributed by atoms with Crippen molar-refractivity contribution in [1.82, 2.24) is 10.6 Å². The monoisotopic (exact) mass is 443 g/mol. The third-order valence-electron chi connectivity index (χ3n) is 4.38. The number of hydrogen-bond donors (Lipinski definition) is 3. The molecule has 2 aromatic carbocycles. The molecule has 8 heteroatoms. The molecule has 0 aromatic heterocycles. The molecule has 3 N–H and O–H groups in total. The summed E-state index contributed by atoms with van der Waals surface area (Å²) in [5, 5.41) is 8.33. The minimum absolute atomic E-state index is 0.0682. The zero-order valence-electron chi connectivity index (χ0n) is 18.1. The molecule has 0 spiro atoms. The highest BCUT2D eigenvalue weighted by Crippen LogP contribution is 2.16. The Balaban J connectivity index is 1.98. The van der Waals surface area contributed by atoms with Crippen LogP contribution in [0.1, 0.15) is 29.3 Å². The lowest BCUT2D eigenvalue weighted by molar-refractivity contribution is -0.123. The van der Waals surface area contributed by atoms with Crippen molar-refractivity contribution in [2.45, 2.75) is 26.3 Å². The van der Waals surface area contributed by atoms with E-state index >= 15 is 0 Å². The number of rotatable bonds is 11. The van der Waals surface area contributed by atoms with Crippen molar-refractivity contribution < 1.29 is 19.1 Å². The second-order valence-corrected chi connectivity index (χ2v) is 7.92. The first-order valence-corrected chi connectivity index (χ1v) is 11.5. The van der Waals surface area contributed by atoms with Crippen molar-refractivity contribution in [3.8, 4) is 5.75 Å². The molecule has 31 heavy (non-hydrogen) atoms. The van der Waals surface area contributed by atoms with Crippen LogP contribution >= 0.6 is 11.8 Å². The molecule has 0 heterocycles. The normalized spacial score (nSPS) is 11.3. The van der Waals surface area contributed by atoms with Gasteiger partial charge in [-0.05, 0) is 68.7 Å². The second kappa shape index (κ2) is 12.6. The quantitative estimate of drug-likeness (QED) is 0.496. The summed E-state index contributed by atoms with van der Waals surface area (Å²) in [6.07, 6.45) is 2.47. The first-order chi connectivity index (χ1) is 14.9. The highest BCUT2D eigenvalue weighted by Gasteiger charge is 2.21. The number of thioether (sulfide) groups is 1. The van der Waals surface area contributed by atoms with Crippen molar-refractivity contribution in [2.75, 3.05) is 30.5 Å². The van der Waals surface area contributed by atoms with Gasteiger partial charge in [0.05, 0.1) is 0 Å². The first-order valence-electron chi connectivity index (χ1n) is 10.1. The average Bonchev–Trinajstić information content (AvgIpc) is 2.76. The smallest absolute Gasteiger partial charge is 0.257 e. The Morgan fingerprint density at radius 2 is 1.84 bits per heavy atom. The number of likely N-dealkylation sites (N-methyl/N-ethyl adjacent to an activating group) is 1. The fourth-order valence-corrected chi connectivity index (χ4v) is 3.26. The highest BCUT2D eigenvalue weighted by molar-refractivity contribution is 7.98. The van der Waals surface area contributed by atoms with Crippen LogP contribution < -0.4 is 20.7 Å². The molecule has 1 atom stereocenters. The zero-order valence-corrected chi connectivity index (χ0v) is 18.9. The fourth-order valence-electron chi connectivity index (χ4n) is 2.79. The van der Waals surface area contributed by atoms with Gasteiger partial charge in [-0.25, -0.2) is 0 Å². The molecule has 0 radical (unpaired) electrons. The van der Waals surface area contributed by atoms with E-state index in [4.69, 9.17) is 4.74 Å². The molecular formula is C23H29N3O4S. The summed E-state index contributed by atoms with van der Waals surface area (Å²) in [6, 6.07) is 13.3. The predicted octanol–water partition coefficient (Wildman–Crippen LogP) is 3.00. The third kappa shape index (κ3) is 8.33. The van der Waals surface area contributed by atoms with Gasteiger partial charge in [-0.2, -0.15) is 11.8 Å². The van der Waals surface area contributed by atoms with Crippen molar-refractivity contribution >= 4 is 35.2 Å². The summed E-state index contributed by atoms with van der Waals surface area (Å²) in [6.45, 7) is 4.23. The van der Waals surface area contributed by atoms with Gasteiger partial charge in [-0.15, -0.1) is 0 Å². The molecule has 0 aliphatic rings. The molecule has 2 aromatic rings. The number of ether oxygens (including phenoxy) is 1. The van der Waals surface area contributed by atoms with Gasteiger partial charge >= 0.3 is 0 Å². The number of carbonyl (C=O) groups excluding carboxylic acids is 3. The molecule has 166 valence electrons. The molecule has 7 nitrogen and oxygen atoms in total. The highest BCUT2D eigenvalue weighted by atomic mass is 32.2. The van der Waals surface area contributed by atoms with E-state index in [1.807, 2.05) is 32.2 Å². The Hall–Kier alpha value is -3.00. The minimum Gasteiger partial charge on any atom is -0.484 e. The lowest BCUT2D eigenvalue weighted by atomic mass is 10.1. The molecule has 0 aliphatic heterocycles. The number of benzene rings is 2. The van der Waals surface area contributed by atoms with E-state index in [0.29, 0.717) is 30.0 Å². The largest absolute Gasteiger partial charge is 0.484 e. The van der Waals surface area contributed by atoms with Crippen LogP contribution in [0, 0.1) is 6.92 Å². The molecule has 0 saturated carbocycles. The van der Waals surface area contributed by atoms with Crippen LogP contribution in [0.25, 0.3) is 0 Å². The molecule has 1 unspecified atom stereocenters. The number of carbonyl (C=O) groups is 3. The lowest BCUT2D eigenvalue weighted by Gasteiger charge is -2.18. The van der Waals surface area contributed by atoms with Crippen LogP contribution in [0.2, 0.25) is 0 Å². The number of hydrogen-bond acceptors (Lipinski definition) is 5. The van der Waals surface area contributed by atoms with Gasteiger partial charge in [0.25, 0.3) is 11.8 Å². The van der Waals surface area contributed by atoms with Crippen molar-refractivity contribution in [1.29, 1.82) is 0 Å². The van der Waals surface area contributed by atoms with Gasteiger partial charge in [0.2, 0.25) is 5.91 Å². The summed E-state index contributed by atoms with van der Waals surface area (Å²) < 4.78 is 5.41. The summed E-state index contributed by atoms with van der Waals surface area (Å²) in [7, 11) is 0. The van der Waals surface area contributed by atoms with Crippen molar-refractivity contribution in [3.05, 3.63) is 59.7 Å². The standard InChI is InChI=1S/C23H29N3O4S/c1-4-24-21(27)15-30-19-10-8-18(9-11-19)25-23(29)20(12-13-31-3)26-22(28)17-7-5-6-16(2)14-17/h5-11,14,20H,4,12-13,15H2,1-3H3,(H,24,27)(H,25,29)(H,26,28). The first kappa shape index (κ1) is 24.3. The van der Waals surface area contributed by atoms with E-state index in [9.17, 15) is 14.4 Å². The molecule has 2 rings (SSSR count). The Morgan fingerprint density at radius 3 is 2.48 bits per heavy atom. The van der Waals surface area contributed by atoms with Crippen LogP contribution in [0.3, 0.4) is 0 Å². The summed E-state index contributed by atoms with van der Waals surface area (Å²) in [4.78, 5) is 36.9. The van der Waals surface area contributed by atoms with Crippen LogP contribution in [-0.4, -0.2) is 48.9 Å². The Kier molecular flexibility index (Phi) is 9.90. The summed E-state index contributed by atoms with van der Waals surface area (Å²) >= 11 is 1.61. The van der Waals surface area contributed by atoms with E-state index in [2.05, 4.69) is 16.0 Å². The topological polar surface area (TPSA) is 96.5 Å². The summed E-state index contributed by atoms with van der Waals surface area (Å²) in [5.41, 5.74) is 2.08. The van der Waals surface area contributed by atoms with Gasteiger partial charge < -0.3 is 20.7 Å². The van der Waals surface area contributed by atoms with Gasteiger partial charge in [0.1, 0.15) is 11.8 Å². The van der Waals surface area contributed by atoms with Crippen LogP contribution in [0.5, 0.6) is 5.75 Å². The third-order valence-corrected chi connectivity index (χ3v) is 5.02. The molecule has 0 saturated heterocycles. The number of nitrogens with one attached hydrogen (secondary N) is 3.